The maximum Gasteiger partial charge on any atom is 0.262 e. The minimum Gasteiger partial charge on any atom is -0.716 e. The predicted molar refractivity (Wildman–Crippen MR) is 61.3 cm³/mol. The summed E-state index contributed by atoms with van der Waals surface area (Å²) in [6.07, 6.45) is 1.26. The molecule has 16 heavy (non-hydrogen) atoms. The van der Waals surface area contributed by atoms with E-state index in [0.717, 1.165) is 0 Å². The van der Waals surface area contributed by atoms with E-state index in [1.54, 1.807) is 12.1 Å². The van der Waals surface area contributed by atoms with E-state index in [2.05, 4.69) is 25.1 Å². The number of fused-ring (bicyclic) bond motifs is 1. The Labute approximate surface area is 104 Å². The SMILES string of the molecule is O=S(=O)([O-])Oc1c[nH]c2ccc(Br)c(Cl)c12. The minimum atomic E-state index is -4.81. The Hall–Kier alpha value is -0.760. The highest BCUT2D eigenvalue weighted by molar-refractivity contribution is 9.10. The average molecular weight is 326 g/mol. The van der Waals surface area contributed by atoms with Gasteiger partial charge >= 0.3 is 0 Å². The summed E-state index contributed by atoms with van der Waals surface area (Å²) in [5.41, 5.74) is 0.576. The van der Waals surface area contributed by atoms with Gasteiger partial charge in [0.05, 0.1) is 15.9 Å². The molecule has 2 rings (SSSR count). The first kappa shape index (κ1) is 11.7. The van der Waals surface area contributed by atoms with E-state index in [0.29, 0.717) is 15.4 Å². The number of halogens is 2. The number of nitrogens with one attached hydrogen (secondary N) is 1. The molecule has 1 heterocycles. The second-order valence-electron chi connectivity index (χ2n) is 2.93. The molecule has 8 heteroatoms. The zero-order valence-electron chi connectivity index (χ0n) is 7.53. The van der Waals surface area contributed by atoms with Gasteiger partial charge in [0.15, 0.2) is 5.75 Å². The van der Waals surface area contributed by atoms with Crippen molar-refractivity contribution in [2.24, 2.45) is 0 Å². The van der Waals surface area contributed by atoms with Crippen molar-refractivity contribution in [1.29, 1.82) is 0 Å². The van der Waals surface area contributed by atoms with Crippen molar-refractivity contribution in [3.8, 4) is 5.75 Å². The van der Waals surface area contributed by atoms with Gasteiger partial charge in [-0.2, -0.15) is 0 Å². The first-order chi connectivity index (χ1) is 7.38. The Morgan fingerprint density at radius 2 is 2.12 bits per heavy atom. The van der Waals surface area contributed by atoms with E-state index < -0.39 is 10.4 Å². The lowest BCUT2D eigenvalue weighted by molar-refractivity contribution is 0.374. The molecule has 5 nitrogen and oxygen atoms in total. The van der Waals surface area contributed by atoms with E-state index in [-0.39, 0.29) is 10.8 Å². The maximum atomic E-state index is 10.5. The van der Waals surface area contributed by atoms with E-state index in [9.17, 15) is 13.0 Å². The number of H-pyrrole nitrogens is 1. The van der Waals surface area contributed by atoms with Gasteiger partial charge in [0.2, 0.25) is 0 Å². The fraction of sp³-hybridized carbons (Fsp3) is 0. The van der Waals surface area contributed by atoms with E-state index in [1.807, 2.05) is 0 Å². The van der Waals surface area contributed by atoms with Crippen molar-refractivity contribution in [3.63, 3.8) is 0 Å². The highest BCUT2D eigenvalue weighted by atomic mass is 79.9. The van der Waals surface area contributed by atoms with Crippen LogP contribution in [0.3, 0.4) is 0 Å². The zero-order valence-corrected chi connectivity index (χ0v) is 10.7. The second-order valence-corrected chi connectivity index (χ2v) is 5.14. The zero-order chi connectivity index (χ0) is 11.9. The Kier molecular flexibility index (Phi) is 2.87. The molecule has 1 aromatic carbocycles. The summed E-state index contributed by atoms with van der Waals surface area (Å²) < 4.78 is 36.3. The molecule has 0 aliphatic carbocycles. The molecule has 1 N–H and O–H groups in total. The van der Waals surface area contributed by atoms with Crippen molar-refractivity contribution in [3.05, 3.63) is 27.8 Å². The first-order valence-corrected chi connectivity index (χ1v) is 6.49. The lowest BCUT2D eigenvalue weighted by Gasteiger charge is -2.08. The Morgan fingerprint density at radius 3 is 2.75 bits per heavy atom. The summed E-state index contributed by atoms with van der Waals surface area (Å²) in [6, 6.07) is 3.37. The average Bonchev–Trinajstić information content (AvgIpc) is 2.53. The standard InChI is InChI=1S/C8H5BrClNO4S/c9-4-1-2-5-7(8(4)10)6(3-11-5)15-16(12,13)14/h1-3,11H,(H,12,13,14)/p-1. The highest BCUT2D eigenvalue weighted by Gasteiger charge is 2.13. The summed E-state index contributed by atoms with van der Waals surface area (Å²) in [7, 11) is -4.81. The maximum absolute atomic E-state index is 10.5. The molecular weight excluding hydrogens is 322 g/mol. The van der Waals surface area contributed by atoms with Crippen LogP contribution in [-0.4, -0.2) is 18.0 Å². The van der Waals surface area contributed by atoms with Gasteiger partial charge < -0.3 is 13.7 Å². The van der Waals surface area contributed by atoms with Crippen LogP contribution < -0.4 is 4.18 Å². The fourth-order valence-corrected chi connectivity index (χ4v) is 2.24. The normalized spacial score (nSPS) is 11.9. The van der Waals surface area contributed by atoms with Gasteiger partial charge in [0, 0.05) is 10.7 Å². The fourth-order valence-electron chi connectivity index (χ4n) is 1.30. The van der Waals surface area contributed by atoms with Crippen LogP contribution in [0.4, 0.5) is 0 Å². The molecule has 0 aliphatic heterocycles. The van der Waals surface area contributed by atoms with Crippen LogP contribution >= 0.6 is 27.5 Å². The number of aromatic nitrogens is 1. The van der Waals surface area contributed by atoms with Crippen LogP contribution in [-0.2, 0) is 10.4 Å². The van der Waals surface area contributed by atoms with Crippen molar-refractivity contribution in [2.45, 2.75) is 0 Å². The van der Waals surface area contributed by atoms with Crippen LogP contribution in [0.5, 0.6) is 5.75 Å². The monoisotopic (exact) mass is 324 g/mol. The number of hydrogen-bond donors (Lipinski definition) is 1. The van der Waals surface area contributed by atoms with Gasteiger partial charge in [0.25, 0.3) is 10.4 Å². The van der Waals surface area contributed by atoms with Crippen molar-refractivity contribution in [2.75, 3.05) is 0 Å². The molecule has 0 atom stereocenters. The van der Waals surface area contributed by atoms with Gasteiger partial charge in [-0.1, -0.05) is 11.6 Å². The third-order valence-electron chi connectivity index (χ3n) is 1.89. The van der Waals surface area contributed by atoms with E-state index in [4.69, 9.17) is 11.6 Å². The summed E-state index contributed by atoms with van der Waals surface area (Å²) in [4.78, 5) is 2.75. The van der Waals surface area contributed by atoms with Crippen LogP contribution in [0.1, 0.15) is 0 Å². The van der Waals surface area contributed by atoms with Crippen molar-refractivity contribution < 1.29 is 17.2 Å². The van der Waals surface area contributed by atoms with Crippen LogP contribution in [0, 0.1) is 0 Å². The molecular formula is C8H4BrClNO4S-. The first-order valence-electron chi connectivity index (χ1n) is 3.99. The van der Waals surface area contributed by atoms with Gasteiger partial charge in [0.1, 0.15) is 0 Å². The largest absolute Gasteiger partial charge is 0.716 e. The predicted octanol–water partition coefficient (Wildman–Crippen LogP) is 2.42. The summed E-state index contributed by atoms with van der Waals surface area (Å²) in [6.45, 7) is 0. The summed E-state index contributed by atoms with van der Waals surface area (Å²) >= 11 is 9.14. The number of benzene rings is 1. The highest BCUT2D eigenvalue weighted by Crippen LogP contribution is 2.37. The van der Waals surface area contributed by atoms with Gasteiger partial charge in [-0.3, -0.25) is 0 Å². The molecule has 0 saturated heterocycles. The van der Waals surface area contributed by atoms with Crippen LogP contribution in [0.2, 0.25) is 5.02 Å². The van der Waals surface area contributed by atoms with E-state index >= 15 is 0 Å². The Bertz CT molecular complexity index is 651. The second kappa shape index (κ2) is 3.92. The van der Waals surface area contributed by atoms with E-state index in [1.165, 1.54) is 6.20 Å². The molecule has 0 amide bonds. The molecule has 2 aromatic rings. The van der Waals surface area contributed by atoms with Gasteiger partial charge in [-0.05, 0) is 28.1 Å². The molecule has 0 fully saturated rings. The lowest BCUT2D eigenvalue weighted by atomic mass is 10.2. The molecule has 0 saturated carbocycles. The number of aromatic amines is 1. The molecule has 0 spiro atoms. The molecule has 0 aliphatic rings. The molecule has 1 aromatic heterocycles. The quantitative estimate of drug-likeness (QED) is 0.679. The smallest absolute Gasteiger partial charge is 0.262 e. The van der Waals surface area contributed by atoms with Crippen molar-refractivity contribution >= 4 is 48.8 Å². The topological polar surface area (TPSA) is 82.2 Å². The lowest BCUT2D eigenvalue weighted by Crippen LogP contribution is -2.06. The minimum absolute atomic E-state index is 0.115. The molecule has 0 bridgehead atoms. The van der Waals surface area contributed by atoms with Crippen LogP contribution in [0.25, 0.3) is 10.9 Å². The summed E-state index contributed by atoms with van der Waals surface area (Å²) in [5.74, 6) is -0.115. The Balaban J connectivity index is 2.68. The third-order valence-corrected chi connectivity index (χ3v) is 3.56. The number of hydrogen-bond acceptors (Lipinski definition) is 4. The molecule has 0 radical (unpaired) electrons. The third kappa shape index (κ3) is 2.17. The summed E-state index contributed by atoms with van der Waals surface area (Å²) in [5, 5.41) is 0.618. The van der Waals surface area contributed by atoms with Gasteiger partial charge in [-0.25, -0.2) is 8.42 Å². The Morgan fingerprint density at radius 1 is 1.44 bits per heavy atom. The molecule has 86 valence electrons. The van der Waals surface area contributed by atoms with Gasteiger partial charge in [-0.15, -0.1) is 0 Å². The number of rotatable bonds is 2. The molecule has 0 unspecified atom stereocenters. The van der Waals surface area contributed by atoms with Crippen molar-refractivity contribution in [1.82, 2.24) is 4.98 Å². The van der Waals surface area contributed by atoms with Crippen LogP contribution in [0.15, 0.2) is 22.8 Å².